The van der Waals surface area contributed by atoms with E-state index >= 15 is 0 Å². The van der Waals surface area contributed by atoms with Crippen molar-refractivity contribution in [1.82, 2.24) is 0 Å². The molecule has 0 fully saturated rings. The Hall–Kier alpha value is 0.640. The first-order chi connectivity index (χ1) is 6.20. The van der Waals surface area contributed by atoms with Crippen molar-refractivity contribution in [3.05, 3.63) is 0 Å². The third-order valence-electron chi connectivity index (χ3n) is 2.46. The molecule has 0 radical (unpaired) electrons. The van der Waals surface area contributed by atoms with Gasteiger partial charge >= 0.3 is 0 Å². The molecule has 0 saturated heterocycles. The van der Waals surface area contributed by atoms with Crippen LogP contribution in [0.4, 0.5) is 0 Å². The fraction of sp³-hybridized carbons (Fsp3) is 1.00. The molecule has 0 saturated carbocycles. The zero-order chi connectivity index (χ0) is 10.1. The molecule has 0 nitrogen and oxygen atoms in total. The van der Waals surface area contributed by atoms with Gasteiger partial charge in [0.2, 0.25) is 0 Å². The molecule has 0 N–H and O–H groups in total. The predicted octanol–water partition coefficient (Wildman–Crippen LogP) is 4.42. The highest BCUT2D eigenvalue weighted by Gasteiger charge is 2.02. The van der Waals surface area contributed by atoms with E-state index in [1.807, 2.05) is 0 Å². The van der Waals surface area contributed by atoms with Gasteiger partial charge in [-0.1, -0.05) is 27.2 Å². The van der Waals surface area contributed by atoms with E-state index in [1.165, 1.54) is 30.8 Å². The number of rotatable bonds is 8. The second kappa shape index (κ2) is 9.21. The van der Waals surface area contributed by atoms with E-state index in [9.17, 15) is 0 Å². The summed E-state index contributed by atoms with van der Waals surface area (Å²) in [6.07, 6.45) is 3.81. The van der Waals surface area contributed by atoms with Gasteiger partial charge in [-0.05, 0) is 36.2 Å². The molecular formula is C11H23ClS. The van der Waals surface area contributed by atoms with Crippen molar-refractivity contribution in [3.63, 3.8) is 0 Å². The molecule has 0 aliphatic carbocycles. The molecule has 0 aliphatic rings. The molecule has 2 unspecified atom stereocenters. The van der Waals surface area contributed by atoms with Crippen molar-refractivity contribution in [1.29, 1.82) is 0 Å². The molecule has 80 valence electrons. The average Bonchev–Trinajstić information content (AvgIpc) is 2.12. The smallest absolute Gasteiger partial charge is 0.0225 e. The second-order valence-corrected chi connectivity index (χ2v) is 5.49. The summed E-state index contributed by atoms with van der Waals surface area (Å²) in [5, 5.41) is 0. The normalized spacial score (nSPS) is 15.7. The topological polar surface area (TPSA) is 0 Å². The van der Waals surface area contributed by atoms with Crippen LogP contribution in [0.25, 0.3) is 0 Å². The number of alkyl halides is 1. The van der Waals surface area contributed by atoms with Gasteiger partial charge in [0.15, 0.2) is 0 Å². The SMILES string of the molecule is CCC(C)CSCCC(C)CCCl. The maximum atomic E-state index is 5.68. The summed E-state index contributed by atoms with van der Waals surface area (Å²) in [6, 6.07) is 0. The van der Waals surface area contributed by atoms with E-state index in [-0.39, 0.29) is 0 Å². The standard InChI is InChI=1S/C11H23ClS/c1-4-10(2)9-13-8-6-11(3)5-7-12/h10-11H,4-9H2,1-3H3. The first-order valence-corrected chi connectivity index (χ1v) is 7.03. The van der Waals surface area contributed by atoms with Crippen molar-refractivity contribution < 1.29 is 0 Å². The maximum Gasteiger partial charge on any atom is 0.0225 e. The van der Waals surface area contributed by atoms with Crippen LogP contribution in [0.1, 0.15) is 40.0 Å². The number of hydrogen-bond acceptors (Lipinski definition) is 1. The predicted molar refractivity (Wildman–Crippen MR) is 65.9 cm³/mol. The zero-order valence-corrected chi connectivity index (χ0v) is 10.8. The fourth-order valence-electron chi connectivity index (χ4n) is 1.02. The Bertz CT molecular complexity index is 106. The Labute approximate surface area is 92.8 Å². The minimum absolute atomic E-state index is 0.807. The molecule has 0 spiro atoms. The second-order valence-electron chi connectivity index (χ2n) is 3.96. The lowest BCUT2D eigenvalue weighted by atomic mass is 10.1. The number of halogens is 1. The first-order valence-electron chi connectivity index (χ1n) is 5.34. The van der Waals surface area contributed by atoms with E-state index < -0.39 is 0 Å². The third-order valence-corrected chi connectivity index (χ3v) is 4.00. The highest BCUT2D eigenvalue weighted by Crippen LogP contribution is 2.16. The van der Waals surface area contributed by atoms with Crippen LogP contribution in [-0.2, 0) is 0 Å². The van der Waals surface area contributed by atoms with Crippen LogP contribution in [0, 0.1) is 11.8 Å². The Morgan fingerprint density at radius 3 is 2.38 bits per heavy atom. The molecule has 0 amide bonds. The van der Waals surface area contributed by atoms with E-state index in [4.69, 9.17) is 11.6 Å². The van der Waals surface area contributed by atoms with E-state index in [0.717, 1.165) is 17.7 Å². The highest BCUT2D eigenvalue weighted by atomic mass is 35.5. The van der Waals surface area contributed by atoms with Gasteiger partial charge in [-0.3, -0.25) is 0 Å². The average molecular weight is 223 g/mol. The molecule has 0 aliphatic heterocycles. The van der Waals surface area contributed by atoms with Gasteiger partial charge in [-0.15, -0.1) is 11.6 Å². The van der Waals surface area contributed by atoms with Crippen molar-refractivity contribution in [3.8, 4) is 0 Å². The fourth-order valence-corrected chi connectivity index (χ4v) is 2.76. The first kappa shape index (κ1) is 13.6. The summed E-state index contributed by atoms with van der Waals surface area (Å²) in [5.74, 6) is 5.14. The van der Waals surface area contributed by atoms with E-state index in [2.05, 4.69) is 32.5 Å². The lowest BCUT2D eigenvalue weighted by molar-refractivity contribution is 0.551. The molecule has 0 aromatic heterocycles. The molecular weight excluding hydrogens is 200 g/mol. The quantitative estimate of drug-likeness (QED) is 0.433. The van der Waals surface area contributed by atoms with Gasteiger partial charge in [0, 0.05) is 5.88 Å². The minimum atomic E-state index is 0.807. The summed E-state index contributed by atoms with van der Waals surface area (Å²) in [7, 11) is 0. The third kappa shape index (κ3) is 8.96. The van der Waals surface area contributed by atoms with Crippen LogP contribution >= 0.6 is 23.4 Å². The number of hydrogen-bond donors (Lipinski definition) is 0. The lowest BCUT2D eigenvalue weighted by Gasteiger charge is -2.10. The largest absolute Gasteiger partial charge is 0.162 e. The van der Waals surface area contributed by atoms with E-state index in [0.29, 0.717) is 0 Å². The van der Waals surface area contributed by atoms with E-state index in [1.54, 1.807) is 0 Å². The molecule has 0 rings (SSSR count). The van der Waals surface area contributed by atoms with Crippen molar-refractivity contribution in [2.45, 2.75) is 40.0 Å². The van der Waals surface area contributed by atoms with Crippen molar-refractivity contribution in [2.24, 2.45) is 11.8 Å². The maximum absolute atomic E-state index is 5.68. The summed E-state index contributed by atoms with van der Waals surface area (Å²) in [4.78, 5) is 0. The molecule has 0 heterocycles. The zero-order valence-electron chi connectivity index (χ0n) is 9.18. The Morgan fingerprint density at radius 2 is 1.85 bits per heavy atom. The van der Waals surface area contributed by atoms with Crippen molar-refractivity contribution in [2.75, 3.05) is 17.4 Å². The van der Waals surface area contributed by atoms with Crippen LogP contribution in [0.2, 0.25) is 0 Å². The molecule has 0 aromatic carbocycles. The van der Waals surface area contributed by atoms with Crippen LogP contribution in [0.5, 0.6) is 0 Å². The van der Waals surface area contributed by atoms with Gasteiger partial charge in [0.25, 0.3) is 0 Å². The summed E-state index contributed by atoms with van der Waals surface area (Å²) in [6.45, 7) is 6.89. The highest BCUT2D eigenvalue weighted by molar-refractivity contribution is 7.99. The molecule has 2 atom stereocenters. The minimum Gasteiger partial charge on any atom is -0.162 e. The van der Waals surface area contributed by atoms with Gasteiger partial charge in [-0.2, -0.15) is 11.8 Å². The summed E-state index contributed by atoms with van der Waals surface area (Å²) in [5.41, 5.74) is 0. The van der Waals surface area contributed by atoms with Gasteiger partial charge < -0.3 is 0 Å². The number of thioether (sulfide) groups is 1. The van der Waals surface area contributed by atoms with Crippen molar-refractivity contribution >= 4 is 23.4 Å². The molecule has 2 heteroatoms. The summed E-state index contributed by atoms with van der Waals surface area (Å²) < 4.78 is 0. The van der Waals surface area contributed by atoms with Gasteiger partial charge in [0.05, 0.1) is 0 Å². The van der Waals surface area contributed by atoms with Crippen LogP contribution in [0.15, 0.2) is 0 Å². The Morgan fingerprint density at radius 1 is 1.15 bits per heavy atom. The van der Waals surface area contributed by atoms with Crippen LogP contribution in [0.3, 0.4) is 0 Å². The molecule has 13 heavy (non-hydrogen) atoms. The van der Waals surface area contributed by atoms with Crippen LogP contribution in [-0.4, -0.2) is 17.4 Å². The molecule has 0 bridgehead atoms. The van der Waals surface area contributed by atoms with Gasteiger partial charge in [0.1, 0.15) is 0 Å². The monoisotopic (exact) mass is 222 g/mol. The Balaban J connectivity index is 3.15. The van der Waals surface area contributed by atoms with Gasteiger partial charge in [-0.25, -0.2) is 0 Å². The molecule has 0 aromatic rings. The Kier molecular flexibility index (Phi) is 9.66. The summed E-state index contributed by atoms with van der Waals surface area (Å²) >= 11 is 7.77. The van der Waals surface area contributed by atoms with Crippen LogP contribution < -0.4 is 0 Å². The lowest BCUT2D eigenvalue weighted by Crippen LogP contribution is -2.00.